The third-order valence-corrected chi connectivity index (χ3v) is 2.74. The minimum atomic E-state index is -0.953. The number of hydrogen-bond donors (Lipinski definition) is 0. The minimum Gasteiger partial charge on any atom is -0.466 e. The van der Waals surface area contributed by atoms with E-state index in [1.807, 2.05) is 0 Å². The molecule has 1 fully saturated rings. The van der Waals surface area contributed by atoms with Gasteiger partial charge in [-0.3, -0.25) is 9.59 Å². The van der Waals surface area contributed by atoms with Crippen LogP contribution in [0.2, 0.25) is 0 Å². The van der Waals surface area contributed by atoms with Crippen molar-refractivity contribution in [2.75, 3.05) is 6.61 Å². The molecule has 3 atom stereocenters. The monoisotopic (exact) mass is 258 g/mol. The van der Waals surface area contributed by atoms with Crippen molar-refractivity contribution in [1.29, 1.82) is 0 Å². The summed E-state index contributed by atoms with van der Waals surface area (Å²) in [6.45, 7) is 4.68. The van der Waals surface area contributed by atoms with E-state index in [2.05, 4.69) is 0 Å². The SMILES string of the molecule is CCOC(=O)[C@H]1CC[C@H]1OC(=O)[C@@H](C)OC(C)=O. The van der Waals surface area contributed by atoms with Gasteiger partial charge in [-0.05, 0) is 26.7 Å². The zero-order valence-electron chi connectivity index (χ0n) is 10.8. The van der Waals surface area contributed by atoms with Gasteiger partial charge in [-0.1, -0.05) is 0 Å². The molecule has 0 spiro atoms. The van der Waals surface area contributed by atoms with Crippen LogP contribution >= 0.6 is 0 Å². The van der Waals surface area contributed by atoms with Gasteiger partial charge in [0.2, 0.25) is 0 Å². The Morgan fingerprint density at radius 1 is 1.28 bits per heavy atom. The van der Waals surface area contributed by atoms with Crippen molar-refractivity contribution in [3.63, 3.8) is 0 Å². The summed E-state index contributed by atoms with van der Waals surface area (Å²) >= 11 is 0. The Morgan fingerprint density at radius 3 is 2.39 bits per heavy atom. The van der Waals surface area contributed by atoms with Gasteiger partial charge in [-0.2, -0.15) is 0 Å². The first-order valence-electron chi connectivity index (χ1n) is 6.00. The van der Waals surface area contributed by atoms with Gasteiger partial charge < -0.3 is 14.2 Å². The van der Waals surface area contributed by atoms with Crippen LogP contribution in [0.1, 0.15) is 33.6 Å². The van der Waals surface area contributed by atoms with E-state index >= 15 is 0 Å². The molecule has 1 aliphatic carbocycles. The number of esters is 3. The Bertz CT molecular complexity index is 337. The van der Waals surface area contributed by atoms with Crippen molar-refractivity contribution in [3.05, 3.63) is 0 Å². The lowest BCUT2D eigenvalue weighted by molar-refractivity contribution is -0.181. The molecule has 0 heterocycles. The van der Waals surface area contributed by atoms with E-state index in [1.54, 1.807) is 6.92 Å². The Kier molecular flexibility index (Phi) is 5.12. The molecular formula is C12H18O6. The number of ether oxygens (including phenoxy) is 3. The van der Waals surface area contributed by atoms with Gasteiger partial charge in [-0.15, -0.1) is 0 Å². The molecule has 18 heavy (non-hydrogen) atoms. The van der Waals surface area contributed by atoms with Crippen LogP contribution in [0.15, 0.2) is 0 Å². The predicted octanol–water partition coefficient (Wildman–Crippen LogP) is 0.823. The summed E-state index contributed by atoms with van der Waals surface area (Å²) in [4.78, 5) is 33.7. The van der Waals surface area contributed by atoms with Gasteiger partial charge >= 0.3 is 17.9 Å². The molecule has 0 amide bonds. The fourth-order valence-corrected chi connectivity index (χ4v) is 1.67. The maximum atomic E-state index is 11.6. The molecule has 0 radical (unpaired) electrons. The van der Waals surface area contributed by atoms with Crippen LogP contribution in [0.3, 0.4) is 0 Å². The van der Waals surface area contributed by atoms with E-state index in [0.717, 1.165) is 0 Å². The third kappa shape index (κ3) is 3.72. The molecule has 6 heteroatoms. The molecule has 0 aromatic rings. The zero-order valence-corrected chi connectivity index (χ0v) is 10.8. The van der Waals surface area contributed by atoms with Crippen LogP contribution in [0.4, 0.5) is 0 Å². The fourth-order valence-electron chi connectivity index (χ4n) is 1.67. The molecule has 0 aromatic heterocycles. The van der Waals surface area contributed by atoms with Crippen molar-refractivity contribution in [2.24, 2.45) is 5.92 Å². The van der Waals surface area contributed by atoms with E-state index in [-0.39, 0.29) is 5.97 Å². The first-order valence-corrected chi connectivity index (χ1v) is 6.00. The van der Waals surface area contributed by atoms with Crippen molar-refractivity contribution < 1.29 is 28.6 Å². The molecular weight excluding hydrogens is 240 g/mol. The summed E-state index contributed by atoms with van der Waals surface area (Å²) in [5, 5.41) is 0. The van der Waals surface area contributed by atoms with Crippen molar-refractivity contribution in [3.8, 4) is 0 Å². The van der Waals surface area contributed by atoms with Crippen LogP contribution < -0.4 is 0 Å². The second-order valence-corrected chi connectivity index (χ2v) is 4.16. The first-order chi connectivity index (χ1) is 8.45. The molecule has 1 rings (SSSR count). The fraction of sp³-hybridized carbons (Fsp3) is 0.750. The highest BCUT2D eigenvalue weighted by Crippen LogP contribution is 2.31. The van der Waals surface area contributed by atoms with Crippen molar-refractivity contribution in [1.82, 2.24) is 0 Å². The normalized spacial score (nSPS) is 23.5. The zero-order chi connectivity index (χ0) is 13.7. The van der Waals surface area contributed by atoms with E-state index in [0.29, 0.717) is 19.4 Å². The summed E-state index contributed by atoms with van der Waals surface area (Å²) in [7, 11) is 0. The molecule has 0 N–H and O–H groups in total. The van der Waals surface area contributed by atoms with Gasteiger partial charge in [0.1, 0.15) is 6.10 Å². The first kappa shape index (κ1) is 14.5. The summed E-state index contributed by atoms with van der Waals surface area (Å²) in [6.07, 6.45) is -0.138. The number of carbonyl (C=O) groups excluding carboxylic acids is 3. The lowest BCUT2D eigenvalue weighted by atomic mass is 9.82. The Morgan fingerprint density at radius 2 is 1.94 bits per heavy atom. The Balaban J connectivity index is 2.41. The van der Waals surface area contributed by atoms with Crippen LogP contribution in [0.5, 0.6) is 0 Å². The summed E-state index contributed by atoms with van der Waals surface area (Å²) in [5.41, 5.74) is 0. The highest BCUT2D eigenvalue weighted by molar-refractivity contribution is 5.79. The highest BCUT2D eigenvalue weighted by atomic mass is 16.6. The molecule has 1 aliphatic rings. The second kappa shape index (κ2) is 6.37. The molecule has 6 nitrogen and oxygen atoms in total. The van der Waals surface area contributed by atoms with Crippen molar-refractivity contribution >= 4 is 17.9 Å². The Labute approximate surface area is 106 Å². The standard InChI is InChI=1S/C12H18O6/c1-4-16-12(15)9-5-6-10(9)18-11(14)7(2)17-8(3)13/h7,9-10H,4-6H2,1-3H3/t7-,9+,10-/m1/s1. The summed E-state index contributed by atoms with van der Waals surface area (Å²) in [6, 6.07) is 0. The topological polar surface area (TPSA) is 78.9 Å². The average Bonchev–Trinajstić information content (AvgIpc) is 2.23. The van der Waals surface area contributed by atoms with Crippen LogP contribution in [-0.2, 0) is 28.6 Å². The lowest BCUT2D eigenvalue weighted by Gasteiger charge is -2.34. The molecule has 0 unspecified atom stereocenters. The number of carbonyl (C=O) groups is 3. The molecule has 0 saturated heterocycles. The second-order valence-electron chi connectivity index (χ2n) is 4.16. The highest BCUT2D eigenvalue weighted by Gasteiger charge is 2.41. The van der Waals surface area contributed by atoms with Crippen LogP contribution in [0, 0.1) is 5.92 Å². The summed E-state index contributed by atoms with van der Waals surface area (Å²) < 4.78 is 14.7. The third-order valence-electron chi connectivity index (χ3n) is 2.74. The van der Waals surface area contributed by atoms with E-state index in [1.165, 1.54) is 13.8 Å². The molecule has 0 aromatic carbocycles. The van der Waals surface area contributed by atoms with E-state index in [4.69, 9.17) is 14.2 Å². The van der Waals surface area contributed by atoms with Gasteiger partial charge in [-0.25, -0.2) is 4.79 Å². The minimum absolute atomic E-state index is 0.305. The predicted molar refractivity (Wildman–Crippen MR) is 60.5 cm³/mol. The quantitative estimate of drug-likeness (QED) is 0.536. The van der Waals surface area contributed by atoms with Gasteiger partial charge in [0.25, 0.3) is 0 Å². The van der Waals surface area contributed by atoms with Gasteiger partial charge in [0.15, 0.2) is 6.10 Å². The molecule has 1 saturated carbocycles. The average molecular weight is 258 g/mol. The Hall–Kier alpha value is -1.59. The molecule has 102 valence electrons. The van der Waals surface area contributed by atoms with Crippen molar-refractivity contribution in [2.45, 2.75) is 45.8 Å². The lowest BCUT2D eigenvalue weighted by Crippen LogP contribution is -2.43. The van der Waals surface area contributed by atoms with E-state index < -0.39 is 30.1 Å². The number of rotatable bonds is 5. The smallest absolute Gasteiger partial charge is 0.347 e. The molecule has 0 aliphatic heterocycles. The van der Waals surface area contributed by atoms with Crippen LogP contribution in [-0.4, -0.2) is 36.7 Å². The van der Waals surface area contributed by atoms with Gasteiger partial charge in [0, 0.05) is 6.92 Å². The maximum absolute atomic E-state index is 11.6. The van der Waals surface area contributed by atoms with E-state index in [9.17, 15) is 14.4 Å². The summed E-state index contributed by atoms with van der Waals surface area (Å²) in [5.74, 6) is -1.92. The largest absolute Gasteiger partial charge is 0.466 e. The number of hydrogen-bond acceptors (Lipinski definition) is 6. The van der Waals surface area contributed by atoms with Crippen LogP contribution in [0.25, 0.3) is 0 Å². The maximum Gasteiger partial charge on any atom is 0.347 e. The van der Waals surface area contributed by atoms with Gasteiger partial charge in [0.05, 0.1) is 12.5 Å². The molecule has 0 bridgehead atoms.